The molecule has 1 saturated heterocycles. The van der Waals surface area contributed by atoms with Crippen LogP contribution in [0.2, 0.25) is 0 Å². The van der Waals surface area contributed by atoms with E-state index < -0.39 is 0 Å². The number of aromatic nitrogens is 1. The van der Waals surface area contributed by atoms with E-state index in [2.05, 4.69) is 10.3 Å². The lowest BCUT2D eigenvalue weighted by molar-refractivity contribution is 0.0687. The molecule has 2 heterocycles. The lowest BCUT2D eigenvalue weighted by atomic mass is 10.1. The fourth-order valence-corrected chi connectivity index (χ4v) is 1.94. The highest BCUT2D eigenvalue weighted by molar-refractivity contribution is 5.95. The van der Waals surface area contributed by atoms with Crippen LogP contribution in [0.15, 0.2) is 18.3 Å². The van der Waals surface area contributed by atoms with Crippen molar-refractivity contribution in [3.63, 3.8) is 0 Å². The zero-order chi connectivity index (χ0) is 11.2. The zero-order valence-corrected chi connectivity index (χ0v) is 9.37. The first kappa shape index (κ1) is 11.4. The van der Waals surface area contributed by atoms with E-state index in [1.807, 2.05) is 6.07 Å². The molecule has 1 aliphatic rings. The normalized spacial score (nSPS) is 20.9. The van der Waals surface area contributed by atoms with Gasteiger partial charge in [0.2, 0.25) is 5.78 Å². The maximum Gasteiger partial charge on any atom is 0.204 e. The van der Waals surface area contributed by atoms with E-state index in [0.29, 0.717) is 18.3 Å². The largest absolute Gasteiger partial charge is 0.372 e. The number of ether oxygens (including phenoxy) is 1. The molecule has 4 heteroatoms. The standard InChI is InChI=1S/C12H18N2O2/c15-12(11-5-3-7-14-11)9-16-8-10-4-1-2-6-13-10/h3,5,7,10,13-14H,1-2,4,6,8-9H2/t10-/m0/s1. The number of carbonyl (C=O) groups is 1. The fraction of sp³-hybridized carbons (Fsp3) is 0.583. The van der Waals surface area contributed by atoms with E-state index in [0.717, 1.165) is 13.0 Å². The summed E-state index contributed by atoms with van der Waals surface area (Å²) in [5.41, 5.74) is 0.622. The summed E-state index contributed by atoms with van der Waals surface area (Å²) in [7, 11) is 0. The average molecular weight is 222 g/mol. The van der Waals surface area contributed by atoms with Crippen LogP contribution in [0.5, 0.6) is 0 Å². The Hall–Kier alpha value is -1.13. The van der Waals surface area contributed by atoms with Crippen molar-refractivity contribution >= 4 is 5.78 Å². The van der Waals surface area contributed by atoms with Gasteiger partial charge in [0.05, 0.1) is 12.3 Å². The van der Waals surface area contributed by atoms with Crippen LogP contribution in [-0.4, -0.2) is 36.6 Å². The molecule has 0 bridgehead atoms. The van der Waals surface area contributed by atoms with Crippen molar-refractivity contribution in [3.05, 3.63) is 24.0 Å². The van der Waals surface area contributed by atoms with Crippen molar-refractivity contribution in [1.82, 2.24) is 10.3 Å². The smallest absolute Gasteiger partial charge is 0.204 e. The van der Waals surface area contributed by atoms with Crippen molar-refractivity contribution in [2.24, 2.45) is 0 Å². The van der Waals surface area contributed by atoms with Gasteiger partial charge in [-0.1, -0.05) is 6.42 Å². The maximum atomic E-state index is 11.6. The van der Waals surface area contributed by atoms with Crippen LogP contribution < -0.4 is 5.32 Å². The molecule has 0 amide bonds. The number of rotatable bonds is 5. The molecule has 0 aromatic carbocycles. The third-order valence-electron chi connectivity index (χ3n) is 2.86. The summed E-state index contributed by atoms with van der Waals surface area (Å²) in [5, 5.41) is 3.38. The first-order valence-corrected chi connectivity index (χ1v) is 5.84. The Balaban J connectivity index is 1.66. The molecule has 0 spiro atoms. The number of nitrogens with one attached hydrogen (secondary N) is 2. The third kappa shape index (κ3) is 3.18. The van der Waals surface area contributed by atoms with Crippen LogP contribution in [0, 0.1) is 0 Å². The molecule has 1 atom stereocenters. The van der Waals surface area contributed by atoms with Crippen molar-refractivity contribution in [2.45, 2.75) is 25.3 Å². The highest BCUT2D eigenvalue weighted by Gasteiger charge is 2.13. The molecule has 2 N–H and O–H groups in total. The van der Waals surface area contributed by atoms with Gasteiger partial charge in [-0.25, -0.2) is 0 Å². The summed E-state index contributed by atoms with van der Waals surface area (Å²) in [4.78, 5) is 14.5. The molecule has 1 aromatic rings. The summed E-state index contributed by atoms with van der Waals surface area (Å²) >= 11 is 0. The van der Waals surface area contributed by atoms with E-state index in [4.69, 9.17) is 4.74 Å². The van der Waals surface area contributed by atoms with Gasteiger partial charge < -0.3 is 15.0 Å². The van der Waals surface area contributed by atoms with Crippen molar-refractivity contribution in [3.8, 4) is 0 Å². The van der Waals surface area contributed by atoms with E-state index in [9.17, 15) is 4.79 Å². The SMILES string of the molecule is O=C(COC[C@@H]1CCCCN1)c1ccc[nH]1. The Kier molecular flexibility index (Phi) is 4.13. The van der Waals surface area contributed by atoms with Gasteiger partial charge in [-0.05, 0) is 31.5 Å². The molecular weight excluding hydrogens is 204 g/mol. The van der Waals surface area contributed by atoms with Crippen LogP contribution in [0.4, 0.5) is 0 Å². The predicted octanol–water partition coefficient (Wildman–Crippen LogP) is 1.36. The van der Waals surface area contributed by atoms with Gasteiger partial charge in [0.25, 0.3) is 0 Å². The van der Waals surface area contributed by atoms with Gasteiger partial charge >= 0.3 is 0 Å². The highest BCUT2D eigenvalue weighted by Crippen LogP contribution is 2.07. The lowest BCUT2D eigenvalue weighted by Crippen LogP contribution is -2.38. The average Bonchev–Trinajstić information content (AvgIpc) is 2.84. The van der Waals surface area contributed by atoms with E-state index in [1.165, 1.54) is 12.8 Å². The van der Waals surface area contributed by atoms with Crippen LogP contribution in [0.25, 0.3) is 0 Å². The van der Waals surface area contributed by atoms with E-state index in [-0.39, 0.29) is 12.4 Å². The number of H-pyrrole nitrogens is 1. The first-order valence-electron chi connectivity index (χ1n) is 5.84. The topological polar surface area (TPSA) is 54.1 Å². The number of Topliss-reactive ketones (excluding diaryl/α,β-unsaturated/α-hetero) is 1. The molecular formula is C12H18N2O2. The van der Waals surface area contributed by atoms with Crippen molar-refractivity contribution < 1.29 is 9.53 Å². The van der Waals surface area contributed by atoms with Crippen molar-refractivity contribution in [2.75, 3.05) is 19.8 Å². The molecule has 2 rings (SSSR count). The van der Waals surface area contributed by atoms with Gasteiger partial charge in [-0.2, -0.15) is 0 Å². The number of carbonyl (C=O) groups excluding carboxylic acids is 1. The van der Waals surface area contributed by atoms with Gasteiger partial charge in [0.1, 0.15) is 6.61 Å². The quantitative estimate of drug-likeness (QED) is 0.739. The second-order valence-electron chi connectivity index (χ2n) is 4.17. The molecule has 1 aromatic heterocycles. The van der Waals surface area contributed by atoms with Gasteiger partial charge in [-0.15, -0.1) is 0 Å². The van der Waals surface area contributed by atoms with Crippen LogP contribution in [-0.2, 0) is 4.74 Å². The van der Waals surface area contributed by atoms with E-state index in [1.54, 1.807) is 12.3 Å². The number of ketones is 1. The van der Waals surface area contributed by atoms with Gasteiger partial charge in [-0.3, -0.25) is 4.79 Å². The van der Waals surface area contributed by atoms with Crippen LogP contribution >= 0.6 is 0 Å². The van der Waals surface area contributed by atoms with E-state index >= 15 is 0 Å². The molecule has 4 nitrogen and oxygen atoms in total. The second kappa shape index (κ2) is 5.82. The summed E-state index contributed by atoms with van der Waals surface area (Å²) in [6.07, 6.45) is 5.40. The Labute approximate surface area is 95.4 Å². The number of piperidine rings is 1. The number of hydrogen-bond acceptors (Lipinski definition) is 3. The summed E-state index contributed by atoms with van der Waals surface area (Å²) < 4.78 is 5.43. The molecule has 16 heavy (non-hydrogen) atoms. The Morgan fingerprint density at radius 2 is 2.44 bits per heavy atom. The third-order valence-corrected chi connectivity index (χ3v) is 2.86. The minimum absolute atomic E-state index is 0.0146. The summed E-state index contributed by atoms with van der Waals surface area (Å²) in [6.45, 7) is 1.86. The first-order chi connectivity index (χ1) is 7.86. The van der Waals surface area contributed by atoms with Crippen LogP contribution in [0.3, 0.4) is 0 Å². The fourth-order valence-electron chi connectivity index (χ4n) is 1.94. The minimum Gasteiger partial charge on any atom is -0.372 e. The Bertz CT molecular complexity index is 316. The molecule has 0 radical (unpaired) electrons. The van der Waals surface area contributed by atoms with Gasteiger partial charge in [0, 0.05) is 12.2 Å². The summed E-state index contributed by atoms with van der Waals surface area (Å²) in [5.74, 6) is 0.0146. The molecule has 1 aliphatic heterocycles. The van der Waals surface area contributed by atoms with Crippen LogP contribution in [0.1, 0.15) is 29.8 Å². The predicted molar refractivity (Wildman–Crippen MR) is 61.6 cm³/mol. The molecule has 0 unspecified atom stereocenters. The molecule has 88 valence electrons. The zero-order valence-electron chi connectivity index (χ0n) is 9.37. The maximum absolute atomic E-state index is 11.6. The Morgan fingerprint density at radius 3 is 3.12 bits per heavy atom. The summed E-state index contributed by atoms with van der Waals surface area (Å²) in [6, 6.07) is 4.01. The highest BCUT2D eigenvalue weighted by atomic mass is 16.5. The number of hydrogen-bond donors (Lipinski definition) is 2. The number of aromatic amines is 1. The minimum atomic E-state index is 0.0146. The molecule has 1 fully saturated rings. The van der Waals surface area contributed by atoms with Crippen molar-refractivity contribution in [1.29, 1.82) is 0 Å². The molecule has 0 saturated carbocycles. The lowest BCUT2D eigenvalue weighted by Gasteiger charge is -2.22. The second-order valence-corrected chi connectivity index (χ2v) is 4.17. The van der Waals surface area contributed by atoms with Gasteiger partial charge in [0.15, 0.2) is 0 Å². The monoisotopic (exact) mass is 222 g/mol. The molecule has 0 aliphatic carbocycles. The Morgan fingerprint density at radius 1 is 1.50 bits per heavy atom.